The first-order valence-electron chi connectivity index (χ1n) is 9.61. The lowest BCUT2D eigenvalue weighted by Crippen LogP contribution is -2.54. The average molecular weight is 478 g/mol. The summed E-state index contributed by atoms with van der Waals surface area (Å²) in [7, 11) is -2.42. The first-order chi connectivity index (χ1) is 14.5. The monoisotopic (exact) mass is 477 g/mol. The van der Waals surface area contributed by atoms with Crippen molar-refractivity contribution in [1.29, 1.82) is 0 Å². The van der Waals surface area contributed by atoms with E-state index in [1.165, 1.54) is 6.08 Å². The van der Waals surface area contributed by atoms with Crippen LogP contribution in [-0.2, 0) is 9.16 Å². The van der Waals surface area contributed by atoms with Gasteiger partial charge in [0.25, 0.3) is 0 Å². The number of amides is 1. The zero-order chi connectivity index (χ0) is 24.9. The van der Waals surface area contributed by atoms with Gasteiger partial charge in [0.15, 0.2) is 14.4 Å². The molecule has 1 amide bonds. The highest BCUT2D eigenvalue weighted by atomic mass is 28.4. The van der Waals surface area contributed by atoms with Crippen molar-refractivity contribution in [3.63, 3.8) is 0 Å². The Kier molecular flexibility index (Phi) is 8.97. The van der Waals surface area contributed by atoms with Crippen molar-refractivity contribution in [1.82, 2.24) is 9.55 Å². The molecule has 1 aromatic rings. The number of hydrogen-bond acceptors (Lipinski definition) is 8. The standard InChI is InChI=1S/C19H29F2N3O7Si/c1-7-10-30-17(29)23-13-8-9-24(16(28)22-13)15(27)19(20,21)14(26)12(25)11-31-32(5,6)18(2,3)4/h7-9,12,14,25-26H,1,10-11H2,2-6H3,(H,22,23,28,29)/t12-,14-/m1/s1. The number of aliphatic hydroxyl groups excluding tert-OH is 2. The van der Waals surface area contributed by atoms with Crippen LogP contribution in [0.15, 0.2) is 29.7 Å². The fourth-order valence-corrected chi connectivity index (χ4v) is 3.05. The fraction of sp³-hybridized carbons (Fsp3) is 0.579. The normalized spacial score (nSPS) is 14.4. The quantitative estimate of drug-likeness (QED) is 0.362. The number of aliphatic hydroxyl groups is 2. The molecule has 13 heteroatoms. The molecule has 0 aliphatic heterocycles. The van der Waals surface area contributed by atoms with E-state index in [0.717, 1.165) is 6.07 Å². The molecule has 0 spiro atoms. The molecule has 0 saturated carbocycles. The van der Waals surface area contributed by atoms with Crippen molar-refractivity contribution in [3.05, 3.63) is 35.4 Å². The Hall–Kier alpha value is -2.48. The molecule has 3 N–H and O–H groups in total. The number of anilines is 1. The maximum absolute atomic E-state index is 14.5. The molecular formula is C19H29F2N3O7Si. The second kappa shape index (κ2) is 10.4. The Labute approximate surface area is 185 Å². The highest BCUT2D eigenvalue weighted by molar-refractivity contribution is 6.74. The molecular weight excluding hydrogens is 448 g/mol. The van der Waals surface area contributed by atoms with E-state index in [-0.39, 0.29) is 22.0 Å². The van der Waals surface area contributed by atoms with Crippen molar-refractivity contribution in [2.75, 3.05) is 18.5 Å². The maximum Gasteiger partial charge on any atom is 0.413 e. The van der Waals surface area contributed by atoms with E-state index < -0.39 is 50.7 Å². The van der Waals surface area contributed by atoms with Gasteiger partial charge in [-0.2, -0.15) is 13.8 Å². The summed E-state index contributed by atoms with van der Waals surface area (Å²) >= 11 is 0. The van der Waals surface area contributed by atoms with Gasteiger partial charge >= 0.3 is 23.6 Å². The number of halogens is 2. The van der Waals surface area contributed by atoms with Crippen LogP contribution < -0.4 is 11.0 Å². The maximum atomic E-state index is 14.5. The van der Waals surface area contributed by atoms with Gasteiger partial charge in [0.05, 0.1) is 6.61 Å². The van der Waals surface area contributed by atoms with Crippen LogP contribution >= 0.6 is 0 Å². The summed E-state index contributed by atoms with van der Waals surface area (Å²) < 4.78 is 39.3. The van der Waals surface area contributed by atoms with Crippen molar-refractivity contribution in [3.8, 4) is 0 Å². The molecule has 180 valence electrons. The molecule has 0 unspecified atom stereocenters. The van der Waals surface area contributed by atoms with Crippen LogP contribution in [0.4, 0.5) is 19.4 Å². The summed E-state index contributed by atoms with van der Waals surface area (Å²) in [6.07, 6.45) is -3.96. The molecule has 0 aliphatic rings. The summed E-state index contributed by atoms with van der Waals surface area (Å²) in [5.41, 5.74) is -1.43. The van der Waals surface area contributed by atoms with Crippen LogP contribution in [0.2, 0.25) is 18.1 Å². The Bertz CT molecular complexity index is 900. The molecule has 1 heterocycles. The molecule has 0 aliphatic carbocycles. The van der Waals surface area contributed by atoms with Gasteiger partial charge < -0.3 is 19.4 Å². The number of ether oxygens (including phenoxy) is 1. The highest BCUT2D eigenvalue weighted by Crippen LogP contribution is 2.37. The van der Waals surface area contributed by atoms with Crippen LogP contribution in [0.5, 0.6) is 0 Å². The summed E-state index contributed by atoms with van der Waals surface area (Å²) in [5, 5.41) is 21.7. The van der Waals surface area contributed by atoms with Crippen molar-refractivity contribution >= 4 is 26.1 Å². The summed E-state index contributed by atoms with van der Waals surface area (Å²) in [4.78, 5) is 39.0. The number of alkyl halides is 2. The van der Waals surface area contributed by atoms with Crippen LogP contribution in [0.1, 0.15) is 25.6 Å². The van der Waals surface area contributed by atoms with E-state index in [1.807, 2.05) is 33.9 Å². The number of carbonyl (C=O) groups excluding carboxylic acids is 2. The summed E-state index contributed by atoms with van der Waals surface area (Å²) in [6.45, 7) is 11.9. The minimum Gasteiger partial charge on any atom is -0.445 e. The smallest absolute Gasteiger partial charge is 0.413 e. The average Bonchev–Trinajstić information content (AvgIpc) is 2.68. The number of hydrogen-bond donors (Lipinski definition) is 3. The van der Waals surface area contributed by atoms with Gasteiger partial charge in [-0.15, -0.1) is 0 Å². The second-order valence-electron chi connectivity index (χ2n) is 8.49. The van der Waals surface area contributed by atoms with Gasteiger partial charge in [0, 0.05) is 6.20 Å². The van der Waals surface area contributed by atoms with Gasteiger partial charge in [-0.1, -0.05) is 33.4 Å². The third-order valence-corrected chi connectivity index (χ3v) is 9.53. The molecule has 1 rings (SSSR count). The Morgan fingerprint density at radius 3 is 2.44 bits per heavy atom. The van der Waals surface area contributed by atoms with E-state index >= 15 is 0 Å². The Balaban J connectivity index is 2.94. The number of nitrogens with one attached hydrogen (secondary N) is 1. The first-order valence-corrected chi connectivity index (χ1v) is 12.5. The minimum atomic E-state index is -4.53. The fourth-order valence-electron chi connectivity index (χ4n) is 2.03. The Morgan fingerprint density at radius 1 is 1.34 bits per heavy atom. The summed E-state index contributed by atoms with van der Waals surface area (Å²) in [5.74, 6) is -6.98. The van der Waals surface area contributed by atoms with E-state index in [2.05, 4.69) is 21.6 Å². The molecule has 0 fully saturated rings. The molecule has 2 atom stereocenters. The Morgan fingerprint density at radius 2 is 1.94 bits per heavy atom. The minimum absolute atomic E-state index is 0.0368. The van der Waals surface area contributed by atoms with Crippen molar-refractivity contribution in [2.45, 2.75) is 57.0 Å². The predicted octanol–water partition coefficient (Wildman–Crippen LogP) is 2.00. The first kappa shape index (κ1) is 27.6. The molecule has 0 radical (unpaired) electrons. The van der Waals surface area contributed by atoms with Gasteiger partial charge in [-0.05, 0) is 24.2 Å². The van der Waals surface area contributed by atoms with E-state index in [0.29, 0.717) is 6.20 Å². The second-order valence-corrected chi connectivity index (χ2v) is 13.3. The summed E-state index contributed by atoms with van der Waals surface area (Å²) in [6, 6.07) is 0.911. The number of nitrogens with zero attached hydrogens (tertiary/aromatic N) is 2. The topological polar surface area (TPSA) is 140 Å². The molecule has 32 heavy (non-hydrogen) atoms. The van der Waals surface area contributed by atoms with E-state index in [1.54, 1.807) is 0 Å². The van der Waals surface area contributed by atoms with E-state index in [9.17, 15) is 33.4 Å². The zero-order valence-corrected chi connectivity index (χ0v) is 19.6. The SMILES string of the molecule is C=CCOC(=O)Nc1ccn(C(=O)C(F)(F)[C@H](O)[C@H](O)CO[Si](C)(C)C(C)(C)C)c(=O)n1. The third kappa shape index (κ3) is 6.76. The molecule has 0 bridgehead atoms. The van der Waals surface area contributed by atoms with Gasteiger partial charge in [-0.3, -0.25) is 10.1 Å². The molecule has 0 saturated heterocycles. The van der Waals surface area contributed by atoms with Crippen molar-refractivity contribution < 1.29 is 37.7 Å². The lowest BCUT2D eigenvalue weighted by molar-refractivity contribution is -0.135. The van der Waals surface area contributed by atoms with E-state index in [4.69, 9.17) is 4.43 Å². The molecule has 10 nitrogen and oxygen atoms in total. The lowest BCUT2D eigenvalue weighted by Gasteiger charge is -2.37. The number of rotatable bonds is 9. The highest BCUT2D eigenvalue weighted by Gasteiger charge is 2.51. The van der Waals surface area contributed by atoms with Crippen LogP contribution in [0.25, 0.3) is 0 Å². The predicted molar refractivity (Wildman–Crippen MR) is 114 cm³/mol. The third-order valence-electron chi connectivity index (χ3n) is 5.03. The van der Waals surface area contributed by atoms with Crippen molar-refractivity contribution in [2.24, 2.45) is 0 Å². The number of aromatic nitrogens is 2. The molecule has 1 aromatic heterocycles. The van der Waals surface area contributed by atoms with Gasteiger partial charge in [0.2, 0.25) is 0 Å². The van der Waals surface area contributed by atoms with Crippen LogP contribution in [0, 0.1) is 0 Å². The zero-order valence-electron chi connectivity index (χ0n) is 18.6. The largest absolute Gasteiger partial charge is 0.445 e. The van der Waals surface area contributed by atoms with Crippen LogP contribution in [0.3, 0.4) is 0 Å². The molecule has 0 aromatic carbocycles. The van der Waals surface area contributed by atoms with Crippen LogP contribution in [-0.4, -0.2) is 71.4 Å². The lowest BCUT2D eigenvalue weighted by atomic mass is 10.1. The van der Waals surface area contributed by atoms with Gasteiger partial charge in [0.1, 0.15) is 18.5 Å². The number of carbonyl (C=O) groups is 2. The van der Waals surface area contributed by atoms with Gasteiger partial charge in [-0.25, -0.2) is 14.2 Å².